The minimum Gasteiger partial charge on any atom is -0.337 e. The number of aromatic nitrogens is 2. The molecule has 0 fully saturated rings. The second-order valence-electron chi connectivity index (χ2n) is 4.49. The molecule has 1 heterocycles. The highest BCUT2D eigenvalue weighted by Gasteiger charge is 2.16. The monoisotopic (exact) mass is 298 g/mol. The second-order valence-corrected chi connectivity index (χ2v) is 4.88. The number of rotatable bonds is 8. The molecule has 0 saturated heterocycles. The molecule has 1 aromatic heterocycles. The lowest BCUT2D eigenvalue weighted by molar-refractivity contribution is 0.0751. The van der Waals surface area contributed by atoms with Gasteiger partial charge in [-0.2, -0.15) is 0 Å². The minimum atomic E-state index is -0.109. The first-order valence-electron chi connectivity index (χ1n) is 7.11. The van der Waals surface area contributed by atoms with Gasteiger partial charge in [-0.1, -0.05) is 25.4 Å². The Hall–Kier alpha value is -1.20. The average molecular weight is 299 g/mol. The summed E-state index contributed by atoms with van der Waals surface area (Å²) in [6, 6.07) is 0. The summed E-state index contributed by atoms with van der Waals surface area (Å²) < 4.78 is 0. The molecule has 0 N–H and O–H groups in total. The smallest absolute Gasteiger partial charge is 0.274 e. The van der Waals surface area contributed by atoms with Gasteiger partial charge in [0.1, 0.15) is 10.8 Å². The summed E-state index contributed by atoms with van der Waals surface area (Å²) in [7, 11) is 0. The van der Waals surface area contributed by atoms with Crippen molar-refractivity contribution in [3.63, 3.8) is 0 Å². The fourth-order valence-electron chi connectivity index (χ4n) is 2.04. The van der Waals surface area contributed by atoms with Crippen molar-refractivity contribution in [1.82, 2.24) is 19.8 Å². The van der Waals surface area contributed by atoms with Crippen molar-refractivity contribution in [2.45, 2.75) is 27.2 Å². The topological polar surface area (TPSA) is 49.3 Å². The summed E-state index contributed by atoms with van der Waals surface area (Å²) in [6.45, 7) is 10.7. The van der Waals surface area contributed by atoms with Gasteiger partial charge in [0.2, 0.25) is 0 Å². The van der Waals surface area contributed by atoms with Crippen molar-refractivity contribution in [2.24, 2.45) is 0 Å². The van der Waals surface area contributed by atoms with E-state index in [0.29, 0.717) is 12.2 Å². The molecule has 5 nitrogen and oxygen atoms in total. The van der Waals surface area contributed by atoms with E-state index in [1.54, 1.807) is 4.90 Å². The lowest BCUT2D eigenvalue weighted by atomic mass is 10.3. The molecular weight excluding hydrogens is 276 g/mol. The Morgan fingerprint density at radius 2 is 1.85 bits per heavy atom. The third-order valence-electron chi connectivity index (χ3n) is 3.29. The molecule has 0 unspecified atom stereocenters. The van der Waals surface area contributed by atoms with Gasteiger partial charge < -0.3 is 9.80 Å². The van der Waals surface area contributed by atoms with E-state index >= 15 is 0 Å². The van der Waals surface area contributed by atoms with Crippen LogP contribution < -0.4 is 0 Å². The average Bonchev–Trinajstić information content (AvgIpc) is 2.47. The molecule has 0 saturated carbocycles. The van der Waals surface area contributed by atoms with Gasteiger partial charge in [-0.3, -0.25) is 9.78 Å². The Balaban J connectivity index is 2.55. The number of hydrogen-bond donors (Lipinski definition) is 0. The Kier molecular flexibility index (Phi) is 7.47. The zero-order chi connectivity index (χ0) is 15.0. The lowest BCUT2D eigenvalue weighted by Gasteiger charge is -2.23. The van der Waals surface area contributed by atoms with E-state index in [1.807, 2.05) is 6.92 Å². The molecule has 0 aliphatic carbocycles. The van der Waals surface area contributed by atoms with E-state index in [-0.39, 0.29) is 11.1 Å². The standard InChI is InChI=1S/C14H23ClN4O/c1-4-18(5-2)8-7-9-19(6-3)14(20)12-10-16-11-13(15)17-12/h10-11H,4-9H2,1-3H3. The molecule has 20 heavy (non-hydrogen) atoms. The number of carbonyl (C=O) groups is 1. The van der Waals surface area contributed by atoms with Gasteiger partial charge in [0.15, 0.2) is 0 Å². The molecule has 1 rings (SSSR count). The van der Waals surface area contributed by atoms with Gasteiger partial charge in [-0.05, 0) is 33.0 Å². The van der Waals surface area contributed by atoms with Crippen LogP contribution >= 0.6 is 11.6 Å². The molecule has 0 aromatic carbocycles. The largest absolute Gasteiger partial charge is 0.337 e. The molecule has 0 bridgehead atoms. The summed E-state index contributed by atoms with van der Waals surface area (Å²) in [4.78, 5) is 24.3. The Labute approximate surface area is 126 Å². The third kappa shape index (κ3) is 5.06. The highest BCUT2D eigenvalue weighted by atomic mass is 35.5. The highest BCUT2D eigenvalue weighted by Crippen LogP contribution is 2.06. The number of nitrogens with zero attached hydrogens (tertiary/aromatic N) is 4. The Morgan fingerprint density at radius 1 is 1.15 bits per heavy atom. The molecule has 0 atom stereocenters. The van der Waals surface area contributed by atoms with Crippen molar-refractivity contribution in [1.29, 1.82) is 0 Å². The molecule has 1 aromatic rings. The first-order chi connectivity index (χ1) is 9.62. The van der Waals surface area contributed by atoms with E-state index in [9.17, 15) is 4.79 Å². The fraction of sp³-hybridized carbons (Fsp3) is 0.643. The Morgan fingerprint density at radius 3 is 2.40 bits per heavy atom. The normalized spacial score (nSPS) is 10.8. The maximum Gasteiger partial charge on any atom is 0.274 e. The summed E-state index contributed by atoms with van der Waals surface area (Å²) in [5.74, 6) is -0.109. The van der Waals surface area contributed by atoms with E-state index in [1.165, 1.54) is 12.4 Å². The van der Waals surface area contributed by atoms with Gasteiger partial charge in [-0.25, -0.2) is 4.98 Å². The van der Waals surface area contributed by atoms with Crippen LogP contribution in [0, 0.1) is 0 Å². The van der Waals surface area contributed by atoms with Crippen LogP contribution in [0.4, 0.5) is 0 Å². The van der Waals surface area contributed by atoms with Crippen LogP contribution in [0.3, 0.4) is 0 Å². The Bertz CT molecular complexity index is 423. The molecule has 0 aliphatic heterocycles. The molecule has 0 spiro atoms. The van der Waals surface area contributed by atoms with Crippen LogP contribution in [-0.4, -0.2) is 58.4 Å². The third-order valence-corrected chi connectivity index (χ3v) is 3.47. The van der Waals surface area contributed by atoms with Crippen molar-refractivity contribution < 1.29 is 4.79 Å². The molecule has 0 aliphatic rings. The van der Waals surface area contributed by atoms with E-state index in [0.717, 1.165) is 32.6 Å². The zero-order valence-electron chi connectivity index (χ0n) is 12.5. The van der Waals surface area contributed by atoms with E-state index in [4.69, 9.17) is 11.6 Å². The van der Waals surface area contributed by atoms with E-state index < -0.39 is 0 Å². The SMILES string of the molecule is CCN(CC)CCCN(CC)C(=O)c1cncc(Cl)n1. The molecular formula is C14H23ClN4O. The minimum absolute atomic E-state index is 0.109. The molecule has 0 radical (unpaired) electrons. The first kappa shape index (κ1) is 16.9. The van der Waals surface area contributed by atoms with Gasteiger partial charge in [0, 0.05) is 13.1 Å². The summed E-state index contributed by atoms with van der Waals surface area (Å²) >= 11 is 5.77. The summed E-state index contributed by atoms with van der Waals surface area (Å²) in [5, 5.41) is 0.245. The molecule has 1 amide bonds. The van der Waals surface area contributed by atoms with Crippen molar-refractivity contribution in [2.75, 3.05) is 32.7 Å². The summed E-state index contributed by atoms with van der Waals surface area (Å²) in [5.41, 5.74) is 0.308. The second kappa shape index (κ2) is 8.87. The lowest BCUT2D eigenvalue weighted by Crippen LogP contribution is -2.34. The van der Waals surface area contributed by atoms with Crippen molar-refractivity contribution >= 4 is 17.5 Å². The van der Waals surface area contributed by atoms with Crippen LogP contribution in [-0.2, 0) is 0 Å². The predicted octanol–water partition coefficient (Wildman–Crippen LogP) is 2.32. The number of amides is 1. The first-order valence-corrected chi connectivity index (χ1v) is 7.49. The van der Waals surface area contributed by atoms with E-state index in [2.05, 4.69) is 28.7 Å². The molecule has 112 valence electrons. The number of halogens is 1. The van der Waals surface area contributed by atoms with Crippen LogP contribution in [0.25, 0.3) is 0 Å². The van der Waals surface area contributed by atoms with Crippen LogP contribution in [0.2, 0.25) is 5.15 Å². The number of hydrogen-bond acceptors (Lipinski definition) is 4. The fourth-order valence-corrected chi connectivity index (χ4v) is 2.18. The van der Waals surface area contributed by atoms with Gasteiger partial charge in [0.25, 0.3) is 5.91 Å². The van der Waals surface area contributed by atoms with Crippen LogP contribution in [0.5, 0.6) is 0 Å². The van der Waals surface area contributed by atoms with Gasteiger partial charge in [0.05, 0.1) is 12.4 Å². The van der Waals surface area contributed by atoms with Crippen molar-refractivity contribution in [3.8, 4) is 0 Å². The highest BCUT2D eigenvalue weighted by molar-refractivity contribution is 6.29. The predicted molar refractivity (Wildman–Crippen MR) is 81.0 cm³/mol. The maximum atomic E-state index is 12.3. The quantitative estimate of drug-likeness (QED) is 0.739. The summed E-state index contributed by atoms with van der Waals surface area (Å²) in [6.07, 6.45) is 3.84. The molecule has 6 heteroatoms. The maximum absolute atomic E-state index is 12.3. The van der Waals surface area contributed by atoms with Crippen molar-refractivity contribution in [3.05, 3.63) is 23.2 Å². The van der Waals surface area contributed by atoms with Gasteiger partial charge >= 0.3 is 0 Å². The van der Waals surface area contributed by atoms with Crippen LogP contribution in [0.1, 0.15) is 37.7 Å². The number of carbonyl (C=O) groups excluding carboxylic acids is 1. The zero-order valence-corrected chi connectivity index (χ0v) is 13.2. The van der Waals surface area contributed by atoms with Crippen LogP contribution in [0.15, 0.2) is 12.4 Å². The van der Waals surface area contributed by atoms with Gasteiger partial charge in [-0.15, -0.1) is 0 Å².